The lowest BCUT2D eigenvalue weighted by Gasteiger charge is -2.23. The predicted octanol–water partition coefficient (Wildman–Crippen LogP) is 4.66. The summed E-state index contributed by atoms with van der Waals surface area (Å²) in [5.41, 5.74) is 5.23. The lowest BCUT2D eigenvalue weighted by Crippen LogP contribution is -2.14. The smallest absolute Gasteiger partial charge is 0.138 e. The van der Waals surface area contributed by atoms with E-state index in [1.54, 1.807) is 0 Å². The van der Waals surface area contributed by atoms with E-state index in [1.807, 2.05) is 6.92 Å². The molecule has 0 N–H and O–H groups in total. The molecule has 0 atom stereocenters. The number of benzene rings is 1. The Bertz CT molecular complexity index is 539. The first-order valence-electron chi connectivity index (χ1n) is 5.81. The highest BCUT2D eigenvalue weighted by Gasteiger charge is 2.23. The molecule has 0 aliphatic carbocycles. The Hall–Kier alpha value is -1.24. The third-order valence-corrected chi connectivity index (χ3v) is 3.20. The van der Waals surface area contributed by atoms with Crippen LogP contribution < -0.4 is 0 Å². The van der Waals surface area contributed by atoms with Crippen LogP contribution in [-0.4, -0.2) is 0 Å². The van der Waals surface area contributed by atoms with Gasteiger partial charge in [0.2, 0.25) is 0 Å². The third kappa shape index (κ3) is 1.64. The van der Waals surface area contributed by atoms with Gasteiger partial charge in [0, 0.05) is 10.9 Å². The van der Waals surface area contributed by atoms with E-state index in [0.29, 0.717) is 0 Å². The largest absolute Gasteiger partial charge is 0.461 e. The van der Waals surface area contributed by atoms with Gasteiger partial charge >= 0.3 is 0 Å². The first-order valence-corrected chi connectivity index (χ1v) is 5.81. The van der Waals surface area contributed by atoms with E-state index in [2.05, 4.69) is 46.8 Å². The van der Waals surface area contributed by atoms with Crippen molar-refractivity contribution in [2.24, 2.45) is 0 Å². The Morgan fingerprint density at radius 2 is 1.62 bits per heavy atom. The molecule has 1 nitrogen and oxygen atoms in total. The number of aryl methyl sites for hydroxylation is 2. The van der Waals surface area contributed by atoms with Crippen molar-refractivity contribution in [2.75, 3.05) is 0 Å². The minimum Gasteiger partial charge on any atom is -0.461 e. The molecule has 0 aliphatic rings. The van der Waals surface area contributed by atoms with Gasteiger partial charge < -0.3 is 4.42 Å². The van der Waals surface area contributed by atoms with Crippen molar-refractivity contribution in [1.29, 1.82) is 0 Å². The zero-order valence-electron chi connectivity index (χ0n) is 11.1. The van der Waals surface area contributed by atoms with Gasteiger partial charge in [0.1, 0.15) is 11.3 Å². The van der Waals surface area contributed by atoms with E-state index in [1.165, 1.54) is 22.1 Å². The van der Waals surface area contributed by atoms with Gasteiger partial charge in [-0.15, -0.1) is 0 Å². The monoisotopic (exact) mass is 216 g/mol. The second-order valence-corrected chi connectivity index (χ2v) is 5.72. The van der Waals surface area contributed by atoms with Crippen LogP contribution in [0.15, 0.2) is 16.5 Å². The lowest BCUT2D eigenvalue weighted by atomic mass is 9.81. The van der Waals surface area contributed by atoms with E-state index >= 15 is 0 Å². The van der Waals surface area contributed by atoms with Crippen LogP contribution in [0.1, 0.15) is 43.2 Å². The molecule has 0 spiro atoms. The summed E-state index contributed by atoms with van der Waals surface area (Å²) >= 11 is 0. The van der Waals surface area contributed by atoms with Crippen molar-refractivity contribution < 1.29 is 4.42 Å². The van der Waals surface area contributed by atoms with Crippen molar-refractivity contribution in [2.45, 2.75) is 47.0 Å². The third-order valence-electron chi connectivity index (χ3n) is 3.20. The molecule has 0 unspecified atom stereocenters. The van der Waals surface area contributed by atoms with Crippen LogP contribution in [0.3, 0.4) is 0 Å². The molecular weight excluding hydrogens is 196 g/mol. The van der Waals surface area contributed by atoms with Crippen molar-refractivity contribution in [3.8, 4) is 0 Å². The number of hydrogen-bond donors (Lipinski definition) is 0. The Morgan fingerprint density at radius 1 is 1.00 bits per heavy atom. The van der Waals surface area contributed by atoms with Crippen LogP contribution in [-0.2, 0) is 5.41 Å². The highest BCUT2D eigenvalue weighted by molar-refractivity contribution is 5.84. The molecule has 0 fully saturated rings. The molecular formula is C15H20O. The summed E-state index contributed by atoms with van der Waals surface area (Å²) in [7, 11) is 0. The van der Waals surface area contributed by atoms with E-state index in [-0.39, 0.29) is 5.41 Å². The Morgan fingerprint density at radius 3 is 2.19 bits per heavy atom. The first-order chi connectivity index (χ1) is 7.30. The molecule has 0 saturated carbocycles. The van der Waals surface area contributed by atoms with Gasteiger partial charge in [0.15, 0.2) is 0 Å². The van der Waals surface area contributed by atoms with Gasteiger partial charge in [-0.3, -0.25) is 0 Å². The van der Waals surface area contributed by atoms with Crippen LogP contribution in [0.25, 0.3) is 11.0 Å². The molecule has 0 saturated heterocycles. The highest BCUT2D eigenvalue weighted by Crippen LogP contribution is 2.36. The van der Waals surface area contributed by atoms with Crippen LogP contribution in [0.5, 0.6) is 0 Å². The van der Waals surface area contributed by atoms with Gasteiger partial charge in [-0.1, -0.05) is 20.8 Å². The minimum absolute atomic E-state index is 0.124. The van der Waals surface area contributed by atoms with E-state index < -0.39 is 0 Å². The van der Waals surface area contributed by atoms with E-state index in [0.717, 1.165) is 11.3 Å². The SMILES string of the molecule is Cc1cc2cc(C)c(C)c(C(C)(C)C)c2o1. The van der Waals surface area contributed by atoms with Gasteiger partial charge in [-0.05, 0) is 49.4 Å². The predicted molar refractivity (Wildman–Crippen MR) is 69.1 cm³/mol. The maximum atomic E-state index is 5.86. The number of furan rings is 1. The molecule has 1 heterocycles. The fourth-order valence-electron chi connectivity index (χ4n) is 2.45. The molecule has 1 aromatic carbocycles. The Kier molecular flexibility index (Phi) is 2.37. The molecule has 0 radical (unpaired) electrons. The summed E-state index contributed by atoms with van der Waals surface area (Å²) in [6.07, 6.45) is 0. The zero-order chi connectivity index (χ0) is 12.1. The second kappa shape index (κ2) is 3.38. The standard InChI is InChI=1S/C15H20O/c1-9-7-12-8-10(2)16-14(12)13(11(9)3)15(4,5)6/h7-8H,1-6H3. The highest BCUT2D eigenvalue weighted by atomic mass is 16.3. The normalized spacial score (nSPS) is 12.4. The Labute approximate surface area is 97.5 Å². The quantitative estimate of drug-likeness (QED) is 0.624. The minimum atomic E-state index is 0.124. The molecule has 0 aliphatic heterocycles. The molecule has 86 valence electrons. The van der Waals surface area contributed by atoms with Crippen molar-refractivity contribution >= 4 is 11.0 Å². The lowest BCUT2D eigenvalue weighted by molar-refractivity contribution is 0.539. The van der Waals surface area contributed by atoms with Gasteiger partial charge in [0.25, 0.3) is 0 Å². The van der Waals surface area contributed by atoms with Crippen molar-refractivity contribution in [3.05, 3.63) is 34.6 Å². The van der Waals surface area contributed by atoms with E-state index in [9.17, 15) is 0 Å². The molecule has 1 aromatic heterocycles. The van der Waals surface area contributed by atoms with Crippen molar-refractivity contribution in [1.82, 2.24) is 0 Å². The first kappa shape index (κ1) is 11.3. The van der Waals surface area contributed by atoms with Crippen LogP contribution >= 0.6 is 0 Å². The molecule has 16 heavy (non-hydrogen) atoms. The van der Waals surface area contributed by atoms with Crippen LogP contribution in [0, 0.1) is 20.8 Å². The fourth-order valence-corrected chi connectivity index (χ4v) is 2.45. The summed E-state index contributed by atoms with van der Waals surface area (Å²) < 4.78 is 5.86. The summed E-state index contributed by atoms with van der Waals surface area (Å²) in [5, 5.41) is 1.23. The molecule has 0 amide bonds. The van der Waals surface area contributed by atoms with Crippen molar-refractivity contribution in [3.63, 3.8) is 0 Å². The fraction of sp³-hybridized carbons (Fsp3) is 0.467. The summed E-state index contributed by atoms with van der Waals surface area (Å²) in [6.45, 7) is 13.1. The summed E-state index contributed by atoms with van der Waals surface area (Å²) in [5.74, 6) is 0.991. The maximum Gasteiger partial charge on any atom is 0.138 e. The van der Waals surface area contributed by atoms with Gasteiger partial charge in [-0.25, -0.2) is 0 Å². The second-order valence-electron chi connectivity index (χ2n) is 5.72. The molecule has 2 rings (SSSR count). The Balaban J connectivity index is 2.92. The molecule has 1 heteroatoms. The summed E-state index contributed by atoms with van der Waals surface area (Å²) in [4.78, 5) is 0. The average Bonchev–Trinajstić information content (AvgIpc) is 2.43. The number of fused-ring (bicyclic) bond motifs is 1. The maximum absolute atomic E-state index is 5.86. The van der Waals surface area contributed by atoms with Gasteiger partial charge in [0.05, 0.1) is 0 Å². The summed E-state index contributed by atoms with van der Waals surface area (Å²) in [6, 6.07) is 4.34. The van der Waals surface area contributed by atoms with Crippen LogP contribution in [0.2, 0.25) is 0 Å². The average molecular weight is 216 g/mol. The molecule has 2 aromatic rings. The number of rotatable bonds is 0. The number of hydrogen-bond acceptors (Lipinski definition) is 1. The van der Waals surface area contributed by atoms with E-state index in [4.69, 9.17) is 4.42 Å². The van der Waals surface area contributed by atoms with Gasteiger partial charge in [-0.2, -0.15) is 0 Å². The zero-order valence-corrected chi connectivity index (χ0v) is 11.1. The molecule has 0 bridgehead atoms. The van der Waals surface area contributed by atoms with Crippen LogP contribution in [0.4, 0.5) is 0 Å². The topological polar surface area (TPSA) is 13.1 Å².